The highest BCUT2D eigenvalue weighted by atomic mass is 16.5. The van der Waals surface area contributed by atoms with E-state index in [2.05, 4.69) is 15.6 Å². The third kappa shape index (κ3) is 4.54. The number of piperidine rings is 1. The smallest absolute Gasteiger partial charge is 0.321 e. The predicted molar refractivity (Wildman–Crippen MR) is 95.3 cm³/mol. The van der Waals surface area contributed by atoms with Crippen LogP contribution in [0, 0.1) is 0 Å². The minimum Gasteiger partial charge on any atom is -0.480 e. The lowest BCUT2D eigenvalue weighted by Gasteiger charge is -2.34. The zero-order valence-corrected chi connectivity index (χ0v) is 14.9. The highest BCUT2D eigenvalue weighted by Crippen LogP contribution is 2.21. The summed E-state index contributed by atoms with van der Waals surface area (Å²) < 4.78 is 10.4. The second kappa shape index (κ2) is 8.70. The van der Waals surface area contributed by atoms with Crippen LogP contribution >= 0.6 is 0 Å². The van der Waals surface area contributed by atoms with Crippen LogP contribution in [0.3, 0.4) is 0 Å². The molecular formula is C17H25N5O4. The molecule has 0 radical (unpaired) electrons. The molecule has 3 rings (SSSR count). The van der Waals surface area contributed by atoms with Crippen LogP contribution in [0.4, 0.5) is 15.3 Å². The molecule has 1 aromatic rings. The molecule has 0 aliphatic carbocycles. The molecule has 2 saturated heterocycles. The molecule has 0 bridgehead atoms. The number of urea groups is 2. The number of carbonyl (C=O) groups is 2. The maximum atomic E-state index is 12.4. The molecular weight excluding hydrogens is 338 g/mol. The topological polar surface area (TPSA) is 96.0 Å². The van der Waals surface area contributed by atoms with Crippen LogP contribution in [-0.2, 0) is 4.74 Å². The van der Waals surface area contributed by atoms with Gasteiger partial charge in [-0.15, -0.1) is 0 Å². The monoisotopic (exact) mass is 363 g/mol. The van der Waals surface area contributed by atoms with Crippen LogP contribution in [0.15, 0.2) is 18.3 Å². The summed E-state index contributed by atoms with van der Waals surface area (Å²) >= 11 is 0. The maximum Gasteiger partial charge on any atom is 0.321 e. The van der Waals surface area contributed by atoms with Gasteiger partial charge in [-0.3, -0.25) is 0 Å². The minimum absolute atomic E-state index is 0.0451. The lowest BCUT2D eigenvalue weighted by atomic mass is 10.1. The standard InChI is InChI=1S/C17H25N5O4/c1-25-15-14(3-2-6-18-15)20-17(24)21-7-4-13(5-8-21)19-16(23)22-9-11-26-12-10-22/h2-3,6,13H,4-5,7-12H2,1H3,(H,19,23)(H,20,24). The van der Waals surface area contributed by atoms with E-state index in [4.69, 9.17) is 9.47 Å². The number of amides is 4. The number of morpholine rings is 1. The van der Waals surface area contributed by atoms with Crippen molar-refractivity contribution in [1.29, 1.82) is 0 Å². The molecule has 2 aliphatic heterocycles. The van der Waals surface area contributed by atoms with Gasteiger partial charge in [-0.25, -0.2) is 14.6 Å². The number of aromatic nitrogens is 1. The molecule has 0 atom stereocenters. The van der Waals surface area contributed by atoms with Crippen LogP contribution in [0.2, 0.25) is 0 Å². The first-order valence-electron chi connectivity index (χ1n) is 8.85. The largest absolute Gasteiger partial charge is 0.480 e. The van der Waals surface area contributed by atoms with Gasteiger partial charge in [0.1, 0.15) is 5.69 Å². The average molecular weight is 363 g/mol. The van der Waals surface area contributed by atoms with Gasteiger partial charge in [0.2, 0.25) is 5.88 Å². The fourth-order valence-electron chi connectivity index (χ4n) is 3.10. The van der Waals surface area contributed by atoms with Crippen LogP contribution in [0.5, 0.6) is 5.88 Å². The summed E-state index contributed by atoms with van der Waals surface area (Å²) in [6.45, 7) is 3.60. The molecule has 2 aliphatic rings. The van der Waals surface area contributed by atoms with Crippen molar-refractivity contribution in [2.45, 2.75) is 18.9 Å². The number of carbonyl (C=O) groups excluding carboxylic acids is 2. The van der Waals surface area contributed by atoms with Crippen molar-refractivity contribution in [1.82, 2.24) is 20.1 Å². The van der Waals surface area contributed by atoms with E-state index in [1.54, 1.807) is 28.1 Å². The van der Waals surface area contributed by atoms with Crippen molar-refractivity contribution < 1.29 is 19.1 Å². The number of hydrogen-bond acceptors (Lipinski definition) is 5. The van der Waals surface area contributed by atoms with Crippen LogP contribution in [-0.4, -0.2) is 79.4 Å². The van der Waals surface area contributed by atoms with Gasteiger partial charge >= 0.3 is 12.1 Å². The second-order valence-corrected chi connectivity index (χ2v) is 6.30. The summed E-state index contributed by atoms with van der Waals surface area (Å²) in [6, 6.07) is 3.35. The molecule has 2 fully saturated rings. The van der Waals surface area contributed by atoms with Gasteiger partial charge in [-0.05, 0) is 25.0 Å². The van der Waals surface area contributed by atoms with E-state index in [0.29, 0.717) is 51.0 Å². The van der Waals surface area contributed by atoms with Gasteiger partial charge in [0, 0.05) is 38.4 Å². The van der Waals surface area contributed by atoms with Crippen molar-refractivity contribution in [3.63, 3.8) is 0 Å². The third-order valence-electron chi connectivity index (χ3n) is 4.61. The normalized spacial score (nSPS) is 18.3. The highest BCUT2D eigenvalue weighted by Gasteiger charge is 2.26. The number of hydrogen-bond donors (Lipinski definition) is 2. The van der Waals surface area contributed by atoms with E-state index in [0.717, 1.165) is 12.8 Å². The predicted octanol–water partition coefficient (Wildman–Crippen LogP) is 1.13. The van der Waals surface area contributed by atoms with Gasteiger partial charge in [0.15, 0.2) is 0 Å². The first-order chi connectivity index (χ1) is 12.7. The van der Waals surface area contributed by atoms with Crippen molar-refractivity contribution >= 4 is 17.7 Å². The first kappa shape index (κ1) is 18.2. The number of pyridine rings is 1. The van der Waals surface area contributed by atoms with E-state index >= 15 is 0 Å². The second-order valence-electron chi connectivity index (χ2n) is 6.30. The number of likely N-dealkylation sites (tertiary alicyclic amines) is 1. The first-order valence-corrected chi connectivity index (χ1v) is 8.85. The van der Waals surface area contributed by atoms with Gasteiger partial charge in [0.05, 0.1) is 20.3 Å². The fraction of sp³-hybridized carbons (Fsp3) is 0.588. The van der Waals surface area contributed by atoms with Crippen molar-refractivity contribution in [2.24, 2.45) is 0 Å². The molecule has 0 saturated carbocycles. The summed E-state index contributed by atoms with van der Waals surface area (Å²) in [4.78, 5) is 32.3. The summed E-state index contributed by atoms with van der Waals surface area (Å²) in [6.07, 6.45) is 3.07. The van der Waals surface area contributed by atoms with E-state index in [9.17, 15) is 9.59 Å². The van der Waals surface area contributed by atoms with E-state index in [-0.39, 0.29) is 18.1 Å². The molecule has 0 spiro atoms. The Labute approximate surface area is 152 Å². The Morgan fingerprint density at radius 3 is 2.54 bits per heavy atom. The van der Waals surface area contributed by atoms with E-state index in [1.807, 2.05) is 0 Å². The summed E-state index contributed by atoms with van der Waals surface area (Å²) in [5.41, 5.74) is 0.544. The van der Waals surface area contributed by atoms with Gasteiger partial charge in [-0.2, -0.15) is 0 Å². The van der Waals surface area contributed by atoms with Crippen LogP contribution in [0.25, 0.3) is 0 Å². The lowest BCUT2D eigenvalue weighted by molar-refractivity contribution is 0.0519. The quantitative estimate of drug-likeness (QED) is 0.839. The molecule has 9 heteroatoms. The van der Waals surface area contributed by atoms with E-state index < -0.39 is 0 Å². The van der Waals surface area contributed by atoms with E-state index in [1.165, 1.54) is 7.11 Å². The van der Waals surface area contributed by atoms with Crippen molar-refractivity contribution in [2.75, 3.05) is 51.8 Å². The molecule has 1 aromatic heterocycles. The number of nitrogens with one attached hydrogen (secondary N) is 2. The number of rotatable bonds is 3. The highest BCUT2D eigenvalue weighted by molar-refractivity contribution is 5.90. The molecule has 26 heavy (non-hydrogen) atoms. The zero-order chi connectivity index (χ0) is 18.4. The van der Waals surface area contributed by atoms with Gasteiger partial charge < -0.3 is 29.9 Å². The molecule has 9 nitrogen and oxygen atoms in total. The molecule has 142 valence electrons. The molecule has 2 N–H and O–H groups in total. The number of methoxy groups -OCH3 is 1. The molecule has 0 unspecified atom stereocenters. The molecule has 3 heterocycles. The Kier molecular flexibility index (Phi) is 6.11. The average Bonchev–Trinajstić information content (AvgIpc) is 2.69. The zero-order valence-electron chi connectivity index (χ0n) is 14.9. The Hall–Kier alpha value is -2.55. The Morgan fingerprint density at radius 2 is 1.85 bits per heavy atom. The van der Waals surface area contributed by atoms with Crippen molar-refractivity contribution in [3.05, 3.63) is 18.3 Å². The maximum absolute atomic E-state index is 12.4. The Morgan fingerprint density at radius 1 is 1.15 bits per heavy atom. The number of nitrogens with zero attached hydrogens (tertiary/aromatic N) is 3. The Bertz CT molecular complexity index is 627. The molecule has 0 aromatic carbocycles. The molecule has 4 amide bonds. The fourth-order valence-corrected chi connectivity index (χ4v) is 3.10. The number of anilines is 1. The summed E-state index contributed by atoms with van der Waals surface area (Å²) in [5.74, 6) is 0.383. The minimum atomic E-state index is -0.186. The van der Waals surface area contributed by atoms with Gasteiger partial charge in [0.25, 0.3) is 0 Å². The van der Waals surface area contributed by atoms with Crippen molar-refractivity contribution in [3.8, 4) is 5.88 Å². The summed E-state index contributed by atoms with van der Waals surface area (Å²) in [7, 11) is 1.51. The van der Waals surface area contributed by atoms with Crippen LogP contribution in [0.1, 0.15) is 12.8 Å². The lowest BCUT2D eigenvalue weighted by Crippen LogP contribution is -2.52. The van der Waals surface area contributed by atoms with Gasteiger partial charge in [-0.1, -0.05) is 0 Å². The Balaban J connectivity index is 1.45. The number of ether oxygens (including phenoxy) is 2. The summed E-state index contributed by atoms with van der Waals surface area (Å²) in [5, 5.41) is 5.89. The third-order valence-corrected chi connectivity index (χ3v) is 4.61. The van der Waals surface area contributed by atoms with Crippen LogP contribution < -0.4 is 15.4 Å². The SMILES string of the molecule is COc1ncccc1NC(=O)N1CCC(NC(=O)N2CCOCC2)CC1.